The van der Waals surface area contributed by atoms with E-state index in [0.29, 0.717) is 19.6 Å². The summed E-state index contributed by atoms with van der Waals surface area (Å²) in [5.74, 6) is 0.0392. The standard InChI is InChI=1S/C16H19ClN2OS/c1-2-19(11-13-6-3-4-8-15(13)17)12-16(20)18-10-14-7-5-9-21-14/h3-9H,2,10-12H2,1H3,(H,18,20). The quantitative estimate of drug-likeness (QED) is 0.845. The predicted molar refractivity (Wildman–Crippen MR) is 88.6 cm³/mol. The number of hydrogen-bond acceptors (Lipinski definition) is 3. The molecule has 1 heterocycles. The van der Waals surface area contributed by atoms with Crippen molar-refractivity contribution in [3.05, 3.63) is 57.2 Å². The molecule has 0 bridgehead atoms. The van der Waals surface area contributed by atoms with Gasteiger partial charge in [-0.05, 0) is 29.6 Å². The fourth-order valence-corrected chi connectivity index (χ4v) is 2.84. The molecular weight excluding hydrogens is 304 g/mol. The molecule has 21 heavy (non-hydrogen) atoms. The molecule has 0 aliphatic rings. The van der Waals surface area contributed by atoms with Crippen LogP contribution in [0.15, 0.2) is 41.8 Å². The van der Waals surface area contributed by atoms with Gasteiger partial charge in [-0.25, -0.2) is 0 Å². The Hall–Kier alpha value is -1.36. The number of rotatable bonds is 7. The summed E-state index contributed by atoms with van der Waals surface area (Å²) in [6.45, 7) is 4.51. The summed E-state index contributed by atoms with van der Waals surface area (Å²) >= 11 is 7.81. The lowest BCUT2D eigenvalue weighted by Gasteiger charge is -2.20. The Balaban J connectivity index is 1.84. The van der Waals surface area contributed by atoms with Crippen LogP contribution >= 0.6 is 22.9 Å². The number of nitrogens with zero attached hydrogens (tertiary/aromatic N) is 1. The van der Waals surface area contributed by atoms with Crippen LogP contribution in [0.5, 0.6) is 0 Å². The lowest BCUT2D eigenvalue weighted by Crippen LogP contribution is -2.36. The van der Waals surface area contributed by atoms with Crippen molar-refractivity contribution in [2.75, 3.05) is 13.1 Å². The van der Waals surface area contributed by atoms with E-state index in [1.807, 2.05) is 48.7 Å². The van der Waals surface area contributed by atoms with Crippen LogP contribution in [-0.4, -0.2) is 23.9 Å². The molecule has 0 aliphatic carbocycles. The van der Waals surface area contributed by atoms with Gasteiger partial charge in [-0.2, -0.15) is 0 Å². The second kappa shape index (κ2) is 8.17. The maximum absolute atomic E-state index is 12.0. The molecule has 2 rings (SSSR count). The molecule has 112 valence electrons. The van der Waals surface area contributed by atoms with Crippen molar-refractivity contribution in [3.8, 4) is 0 Å². The lowest BCUT2D eigenvalue weighted by atomic mass is 10.2. The summed E-state index contributed by atoms with van der Waals surface area (Å²) in [6, 6.07) is 11.8. The highest BCUT2D eigenvalue weighted by Gasteiger charge is 2.11. The summed E-state index contributed by atoms with van der Waals surface area (Å²) in [7, 11) is 0. The predicted octanol–water partition coefficient (Wildman–Crippen LogP) is 3.54. The Morgan fingerprint density at radius 3 is 2.76 bits per heavy atom. The molecule has 1 amide bonds. The van der Waals surface area contributed by atoms with Gasteiger partial charge in [0.25, 0.3) is 0 Å². The summed E-state index contributed by atoms with van der Waals surface area (Å²) in [4.78, 5) is 15.2. The molecule has 0 saturated heterocycles. The van der Waals surface area contributed by atoms with Gasteiger partial charge in [0.2, 0.25) is 5.91 Å². The largest absolute Gasteiger partial charge is 0.350 e. The molecule has 1 aromatic heterocycles. The van der Waals surface area contributed by atoms with Crippen molar-refractivity contribution in [1.82, 2.24) is 10.2 Å². The van der Waals surface area contributed by atoms with Gasteiger partial charge < -0.3 is 5.32 Å². The Kier molecular flexibility index (Phi) is 6.23. The minimum absolute atomic E-state index is 0.0392. The summed E-state index contributed by atoms with van der Waals surface area (Å²) in [5.41, 5.74) is 1.05. The molecule has 0 spiro atoms. The van der Waals surface area contributed by atoms with E-state index in [1.165, 1.54) is 0 Å². The van der Waals surface area contributed by atoms with Crippen LogP contribution in [-0.2, 0) is 17.9 Å². The topological polar surface area (TPSA) is 32.3 Å². The number of hydrogen-bond donors (Lipinski definition) is 1. The average molecular weight is 323 g/mol. The van der Waals surface area contributed by atoms with Crippen molar-refractivity contribution < 1.29 is 4.79 Å². The van der Waals surface area contributed by atoms with Gasteiger partial charge in [-0.15, -0.1) is 11.3 Å². The van der Waals surface area contributed by atoms with Crippen LogP contribution in [0, 0.1) is 0 Å². The molecule has 3 nitrogen and oxygen atoms in total. The van der Waals surface area contributed by atoms with Crippen molar-refractivity contribution in [2.24, 2.45) is 0 Å². The van der Waals surface area contributed by atoms with E-state index in [4.69, 9.17) is 11.6 Å². The number of amides is 1. The second-order valence-corrected chi connectivity index (χ2v) is 6.19. The van der Waals surface area contributed by atoms with Gasteiger partial charge in [0.1, 0.15) is 0 Å². The minimum atomic E-state index is 0.0392. The molecule has 0 aliphatic heterocycles. The Morgan fingerprint density at radius 2 is 2.10 bits per heavy atom. The van der Waals surface area contributed by atoms with Gasteiger partial charge >= 0.3 is 0 Å². The maximum Gasteiger partial charge on any atom is 0.234 e. The van der Waals surface area contributed by atoms with Crippen molar-refractivity contribution in [2.45, 2.75) is 20.0 Å². The molecule has 1 N–H and O–H groups in total. The zero-order valence-electron chi connectivity index (χ0n) is 12.0. The third kappa shape index (κ3) is 5.16. The lowest BCUT2D eigenvalue weighted by molar-refractivity contribution is -0.122. The zero-order chi connectivity index (χ0) is 15.1. The maximum atomic E-state index is 12.0. The smallest absolute Gasteiger partial charge is 0.234 e. The molecule has 5 heteroatoms. The third-order valence-electron chi connectivity index (χ3n) is 3.21. The molecule has 0 atom stereocenters. The number of nitrogens with one attached hydrogen (secondary N) is 1. The molecule has 0 saturated carbocycles. The third-order valence-corrected chi connectivity index (χ3v) is 4.45. The molecule has 2 aromatic rings. The Labute approximate surface area is 134 Å². The molecule has 0 unspecified atom stereocenters. The minimum Gasteiger partial charge on any atom is -0.350 e. The first-order valence-electron chi connectivity index (χ1n) is 6.94. The fraction of sp³-hybridized carbons (Fsp3) is 0.312. The zero-order valence-corrected chi connectivity index (χ0v) is 13.6. The van der Waals surface area contributed by atoms with E-state index < -0.39 is 0 Å². The number of halogens is 1. The van der Waals surface area contributed by atoms with Gasteiger partial charge in [0, 0.05) is 16.4 Å². The van der Waals surface area contributed by atoms with Gasteiger partial charge in [-0.3, -0.25) is 9.69 Å². The van der Waals surface area contributed by atoms with Gasteiger partial charge in [0.15, 0.2) is 0 Å². The first-order valence-corrected chi connectivity index (χ1v) is 8.19. The van der Waals surface area contributed by atoms with Gasteiger partial charge in [0.05, 0.1) is 13.1 Å². The number of benzene rings is 1. The molecule has 0 fully saturated rings. The first kappa shape index (κ1) is 16.0. The first-order chi connectivity index (χ1) is 10.2. The SMILES string of the molecule is CCN(CC(=O)NCc1cccs1)Cc1ccccc1Cl. The normalized spacial score (nSPS) is 10.8. The van der Waals surface area contributed by atoms with E-state index in [9.17, 15) is 4.79 Å². The van der Waals surface area contributed by atoms with E-state index in [0.717, 1.165) is 22.0 Å². The van der Waals surface area contributed by atoms with Gasteiger partial charge in [-0.1, -0.05) is 42.8 Å². The van der Waals surface area contributed by atoms with Crippen LogP contribution in [0.2, 0.25) is 5.02 Å². The average Bonchev–Trinajstić information content (AvgIpc) is 3.00. The van der Waals surface area contributed by atoms with Crippen molar-refractivity contribution in [3.63, 3.8) is 0 Å². The monoisotopic (exact) mass is 322 g/mol. The van der Waals surface area contributed by atoms with Crippen LogP contribution in [0.1, 0.15) is 17.4 Å². The van der Waals surface area contributed by atoms with Crippen molar-refractivity contribution >= 4 is 28.8 Å². The van der Waals surface area contributed by atoms with Crippen LogP contribution in [0.4, 0.5) is 0 Å². The summed E-state index contributed by atoms with van der Waals surface area (Å²) < 4.78 is 0. The number of likely N-dealkylation sites (N-methyl/N-ethyl adjacent to an activating group) is 1. The Morgan fingerprint density at radius 1 is 1.29 bits per heavy atom. The fourth-order valence-electron chi connectivity index (χ4n) is 2.00. The van der Waals surface area contributed by atoms with E-state index in [-0.39, 0.29) is 5.91 Å². The summed E-state index contributed by atoms with van der Waals surface area (Å²) in [5, 5.41) is 5.70. The van der Waals surface area contributed by atoms with Crippen molar-refractivity contribution in [1.29, 1.82) is 0 Å². The highest BCUT2D eigenvalue weighted by molar-refractivity contribution is 7.09. The van der Waals surface area contributed by atoms with Crippen LogP contribution in [0.3, 0.4) is 0 Å². The van der Waals surface area contributed by atoms with E-state index >= 15 is 0 Å². The second-order valence-electron chi connectivity index (χ2n) is 4.75. The molecule has 0 radical (unpaired) electrons. The molecular formula is C16H19ClN2OS. The number of thiophene rings is 1. The molecule has 1 aromatic carbocycles. The highest BCUT2D eigenvalue weighted by Crippen LogP contribution is 2.16. The highest BCUT2D eigenvalue weighted by atomic mass is 35.5. The number of carbonyl (C=O) groups excluding carboxylic acids is 1. The summed E-state index contributed by atoms with van der Waals surface area (Å²) in [6.07, 6.45) is 0. The van der Waals surface area contributed by atoms with Crippen LogP contribution < -0.4 is 5.32 Å². The van der Waals surface area contributed by atoms with E-state index in [2.05, 4.69) is 10.2 Å². The van der Waals surface area contributed by atoms with E-state index in [1.54, 1.807) is 11.3 Å². The Bertz CT molecular complexity index is 571. The number of carbonyl (C=O) groups is 1. The van der Waals surface area contributed by atoms with Crippen LogP contribution in [0.25, 0.3) is 0 Å².